The molecule has 0 unspecified atom stereocenters. The van der Waals surface area contributed by atoms with Crippen molar-refractivity contribution < 1.29 is 27.8 Å². The van der Waals surface area contributed by atoms with Crippen molar-refractivity contribution in [2.45, 2.75) is 62.5 Å². The Balaban J connectivity index is 1.57. The number of pyridine rings is 1. The van der Waals surface area contributed by atoms with Crippen molar-refractivity contribution in [1.29, 1.82) is 0 Å². The summed E-state index contributed by atoms with van der Waals surface area (Å²) in [5.74, 6) is -1.14. The summed E-state index contributed by atoms with van der Waals surface area (Å²) in [6.45, 7) is 4.02. The number of aliphatic hydroxyl groups is 1. The Labute approximate surface area is 246 Å². The Morgan fingerprint density at radius 3 is 2.54 bits per heavy atom. The molecular formula is C30H37ClFN3O5S. The highest BCUT2D eigenvalue weighted by Gasteiger charge is 2.26. The number of benzene rings is 2. The van der Waals surface area contributed by atoms with Crippen molar-refractivity contribution in [1.82, 2.24) is 14.6 Å². The van der Waals surface area contributed by atoms with Crippen LogP contribution in [0.3, 0.4) is 0 Å². The van der Waals surface area contributed by atoms with E-state index in [2.05, 4.69) is 10.3 Å². The Bertz CT molecular complexity index is 1450. The van der Waals surface area contributed by atoms with Crippen molar-refractivity contribution >= 4 is 27.6 Å². The number of aliphatic hydroxyl groups excluding tert-OH is 1. The number of carbonyl (C=O) groups is 1. The van der Waals surface area contributed by atoms with Crippen molar-refractivity contribution in [3.05, 3.63) is 82.8 Å². The third-order valence-corrected chi connectivity index (χ3v) is 8.95. The van der Waals surface area contributed by atoms with Crippen LogP contribution in [0, 0.1) is 5.82 Å². The van der Waals surface area contributed by atoms with Gasteiger partial charge in [0.15, 0.2) is 0 Å². The fraction of sp³-hybridized carbons (Fsp3) is 0.400. The van der Waals surface area contributed by atoms with E-state index in [4.69, 9.17) is 16.7 Å². The lowest BCUT2D eigenvalue weighted by Gasteiger charge is -2.29. The largest absolute Gasteiger partial charge is 0.481 e. The van der Waals surface area contributed by atoms with E-state index in [9.17, 15) is 22.7 Å². The number of hydrogen-bond donors (Lipinski definition) is 3. The molecule has 3 aromatic rings. The SMILES string of the molecule is CN(C[C@@H](O)CNC(C)(C)CCCc1ccccc1F)S(=O)(=O)c1ccc(-c2cccc(CCC(=O)O)n2)c(Cl)c1. The zero-order valence-corrected chi connectivity index (χ0v) is 25.1. The van der Waals surface area contributed by atoms with Gasteiger partial charge < -0.3 is 15.5 Å². The second-order valence-electron chi connectivity index (χ2n) is 10.7. The molecule has 41 heavy (non-hydrogen) atoms. The van der Waals surface area contributed by atoms with Gasteiger partial charge in [-0.15, -0.1) is 0 Å². The highest BCUT2D eigenvalue weighted by Crippen LogP contribution is 2.30. The molecule has 1 atom stereocenters. The van der Waals surface area contributed by atoms with Crippen LogP contribution in [0.15, 0.2) is 65.6 Å². The second-order valence-corrected chi connectivity index (χ2v) is 13.2. The first-order valence-electron chi connectivity index (χ1n) is 13.4. The average Bonchev–Trinajstić information content (AvgIpc) is 2.92. The number of aromatic nitrogens is 1. The normalized spacial score (nSPS) is 13.0. The molecule has 0 aliphatic heterocycles. The van der Waals surface area contributed by atoms with Crippen molar-refractivity contribution in [2.75, 3.05) is 20.1 Å². The fourth-order valence-electron chi connectivity index (χ4n) is 4.41. The van der Waals surface area contributed by atoms with Gasteiger partial charge in [0.05, 0.1) is 28.1 Å². The minimum absolute atomic E-state index is 0.0237. The third kappa shape index (κ3) is 9.58. The van der Waals surface area contributed by atoms with E-state index in [-0.39, 0.29) is 47.2 Å². The average molecular weight is 606 g/mol. The van der Waals surface area contributed by atoms with Gasteiger partial charge in [0.25, 0.3) is 0 Å². The molecule has 11 heteroatoms. The molecule has 3 N–H and O–H groups in total. The summed E-state index contributed by atoms with van der Waals surface area (Å²) in [5, 5.41) is 23.0. The summed E-state index contributed by atoms with van der Waals surface area (Å²) in [5.41, 5.74) is 1.95. The molecule has 0 aliphatic carbocycles. The van der Waals surface area contributed by atoms with Crippen LogP contribution in [0.1, 0.15) is 44.4 Å². The van der Waals surface area contributed by atoms with E-state index < -0.39 is 22.1 Å². The maximum absolute atomic E-state index is 13.9. The smallest absolute Gasteiger partial charge is 0.303 e. The maximum atomic E-state index is 13.9. The summed E-state index contributed by atoms with van der Waals surface area (Å²) in [6, 6.07) is 16.2. The first-order chi connectivity index (χ1) is 19.3. The molecule has 2 aromatic carbocycles. The number of carboxylic acids is 1. The Morgan fingerprint density at radius 2 is 1.85 bits per heavy atom. The van der Waals surface area contributed by atoms with E-state index in [1.807, 2.05) is 19.9 Å². The monoisotopic (exact) mass is 605 g/mol. The minimum Gasteiger partial charge on any atom is -0.481 e. The van der Waals surface area contributed by atoms with Crippen molar-refractivity contribution in [3.8, 4) is 11.3 Å². The zero-order chi connectivity index (χ0) is 30.2. The molecule has 0 saturated heterocycles. The number of β-amino-alcohol motifs (C(OH)–C–C–N with tert-alkyl or cyclic N) is 1. The number of aliphatic carboxylic acids is 1. The Hall–Kier alpha value is -2.89. The lowest BCUT2D eigenvalue weighted by Crippen LogP contribution is -2.46. The summed E-state index contributed by atoms with van der Waals surface area (Å²) < 4.78 is 41.4. The fourth-order valence-corrected chi connectivity index (χ4v) is 5.99. The van der Waals surface area contributed by atoms with Crippen molar-refractivity contribution in [2.24, 2.45) is 0 Å². The predicted molar refractivity (Wildman–Crippen MR) is 158 cm³/mol. The number of nitrogens with one attached hydrogen (secondary N) is 1. The van der Waals surface area contributed by atoms with Gasteiger partial charge in [-0.05, 0) is 75.1 Å². The summed E-state index contributed by atoms with van der Waals surface area (Å²) in [6.07, 6.45) is 1.35. The van der Waals surface area contributed by atoms with Gasteiger partial charge >= 0.3 is 5.97 Å². The summed E-state index contributed by atoms with van der Waals surface area (Å²) >= 11 is 6.45. The van der Waals surface area contributed by atoms with Crippen LogP contribution in [0.4, 0.5) is 4.39 Å². The van der Waals surface area contributed by atoms with Gasteiger partial charge in [-0.2, -0.15) is 4.31 Å². The first kappa shape index (κ1) is 32.6. The van der Waals surface area contributed by atoms with Crippen LogP contribution in [0.2, 0.25) is 5.02 Å². The van der Waals surface area contributed by atoms with Gasteiger partial charge in [0.1, 0.15) is 5.82 Å². The highest BCUT2D eigenvalue weighted by molar-refractivity contribution is 7.89. The van der Waals surface area contributed by atoms with Crippen LogP contribution >= 0.6 is 11.6 Å². The lowest BCUT2D eigenvalue weighted by molar-refractivity contribution is -0.136. The lowest BCUT2D eigenvalue weighted by atomic mass is 9.95. The predicted octanol–water partition coefficient (Wildman–Crippen LogP) is 4.93. The van der Waals surface area contributed by atoms with Crippen LogP contribution in [0.25, 0.3) is 11.3 Å². The van der Waals surface area contributed by atoms with Gasteiger partial charge in [0.2, 0.25) is 10.0 Å². The van der Waals surface area contributed by atoms with Gasteiger partial charge in [-0.3, -0.25) is 9.78 Å². The number of carboxylic acid groups (broad SMARTS) is 1. The summed E-state index contributed by atoms with van der Waals surface area (Å²) in [7, 11) is -2.55. The maximum Gasteiger partial charge on any atom is 0.303 e. The van der Waals surface area contributed by atoms with Gasteiger partial charge in [-0.1, -0.05) is 35.9 Å². The second kappa shape index (κ2) is 14.3. The van der Waals surface area contributed by atoms with E-state index in [1.54, 1.807) is 36.4 Å². The van der Waals surface area contributed by atoms with Crippen LogP contribution in [-0.4, -0.2) is 65.7 Å². The minimum atomic E-state index is -3.94. The quantitative estimate of drug-likeness (QED) is 0.225. The topological polar surface area (TPSA) is 120 Å². The molecule has 8 nitrogen and oxygen atoms in total. The number of hydrogen-bond acceptors (Lipinski definition) is 6. The Morgan fingerprint density at radius 1 is 1.12 bits per heavy atom. The van der Waals surface area contributed by atoms with E-state index in [0.717, 1.165) is 17.1 Å². The number of likely N-dealkylation sites (N-methyl/N-ethyl adjacent to an activating group) is 1. The number of nitrogens with zero attached hydrogens (tertiary/aromatic N) is 2. The van der Waals surface area contributed by atoms with E-state index in [0.29, 0.717) is 28.9 Å². The summed E-state index contributed by atoms with van der Waals surface area (Å²) in [4.78, 5) is 15.3. The van der Waals surface area contributed by atoms with E-state index in [1.165, 1.54) is 25.2 Å². The first-order valence-corrected chi connectivity index (χ1v) is 15.2. The molecule has 3 rings (SSSR count). The number of rotatable bonds is 15. The molecule has 0 saturated carbocycles. The third-order valence-electron chi connectivity index (χ3n) is 6.82. The van der Waals surface area contributed by atoms with Crippen LogP contribution in [0.5, 0.6) is 0 Å². The molecule has 1 heterocycles. The molecule has 0 fully saturated rings. The molecule has 222 valence electrons. The molecule has 0 aliphatic rings. The highest BCUT2D eigenvalue weighted by atomic mass is 35.5. The number of sulfonamides is 1. The standard InChI is InChI=1S/C30H37ClFN3O5S/c1-30(2,17-7-9-21-8-4-5-11-27(21)32)33-19-23(36)20-35(3)41(39,40)24-14-15-25(26(31)18-24)28-12-6-10-22(34-28)13-16-29(37)38/h4-6,8,10-12,14-15,18,23,33,36H,7,9,13,16-17,19-20H2,1-3H3,(H,37,38)/t23-/m0/s1. The van der Waals surface area contributed by atoms with Gasteiger partial charge in [0, 0.05) is 43.4 Å². The Kier molecular flexibility index (Phi) is 11.4. The molecule has 1 aromatic heterocycles. The molecule has 0 amide bonds. The zero-order valence-electron chi connectivity index (χ0n) is 23.5. The molecule has 0 bridgehead atoms. The van der Waals surface area contributed by atoms with E-state index >= 15 is 0 Å². The molecular weight excluding hydrogens is 569 g/mol. The van der Waals surface area contributed by atoms with Crippen LogP contribution < -0.4 is 5.32 Å². The molecule has 0 spiro atoms. The van der Waals surface area contributed by atoms with Crippen molar-refractivity contribution in [3.63, 3.8) is 0 Å². The molecule has 0 radical (unpaired) electrons. The van der Waals surface area contributed by atoms with Gasteiger partial charge in [-0.25, -0.2) is 12.8 Å². The number of halogens is 2. The van der Waals surface area contributed by atoms with Crippen LogP contribution in [-0.2, 0) is 27.7 Å². The number of aryl methyl sites for hydroxylation is 2.